The summed E-state index contributed by atoms with van der Waals surface area (Å²) in [6.45, 7) is 3.69. The van der Waals surface area contributed by atoms with Gasteiger partial charge in [-0.3, -0.25) is 14.4 Å². The Balaban J connectivity index is 2.29. The van der Waals surface area contributed by atoms with Crippen LogP contribution in [0.2, 0.25) is 0 Å². The third-order valence-corrected chi connectivity index (χ3v) is 3.49. The summed E-state index contributed by atoms with van der Waals surface area (Å²) in [5.41, 5.74) is 0.770. The smallest absolute Gasteiger partial charge is 0.303 e. The predicted octanol–water partition coefficient (Wildman–Crippen LogP) is 1.55. The summed E-state index contributed by atoms with van der Waals surface area (Å²) in [4.78, 5) is 34.0. The fourth-order valence-corrected chi connectivity index (χ4v) is 2.63. The van der Waals surface area contributed by atoms with E-state index in [-0.39, 0.29) is 6.61 Å². The molecular formula is C17H20O7. The molecule has 0 aliphatic carbocycles. The zero-order valence-corrected chi connectivity index (χ0v) is 13.8. The molecule has 130 valence electrons. The first-order valence-corrected chi connectivity index (χ1v) is 7.56. The van der Waals surface area contributed by atoms with E-state index >= 15 is 0 Å². The van der Waals surface area contributed by atoms with Crippen LogP contribution in [0.5, 0.6) is 0 Å². The number of ether oxygens (including phenoxy) is 4. The molecule has 4 atom stereocenters. The summed E-state index contributed by atoms with van der Waals surface area (Å²) in [6, 6.07) is 9.13. The molecule has 0 radical (unpaired) electrons. The van der Waals surface area contributed by atoms with Gasteiger partial charge in [-0.15, -0.1) is 0 Å². The molecule has 1 fully saturated rings. The highest BCUT2D eigenvalue weighted by molar-refractivity contribution is 5.68. The number of carbonyl (C=O) groups excluding carboxylic acids is 3. The monoisotopic (exact) mass is 336 g/mol. The third-order valence-electron chi connectivity index (χ3n) is 3.49. The zero-order chi connectivity index (χ0) is 17.7. The molecule has 1 aromatic rings. The van der Waals surface area contributed by atoms with E-state index in [1.807, 2.05) is 30.3 Å². The topological polar surface area (TPSA) is 88.1 Å². The molecule has 0 amide bonds. The van der Waals surface area contributed by atoms with Gasteiger partial charge in [0.1, 0.15) is 18.8 Å². The van der Waals surface area contributed by atoms with Gasteiger partial charge in [0.05, 0.1) is 0 Å². The maximum atomic E-state index is 11.5. The molecule has 1 aliphatic rings. The van der Waals surface area contributed by atoms with Crippen LogP contribution < -0.4 is 0 Å². The van der Waals surface area contributed by atoms with Crippen molar-refractivity contribution in [2.24, 2.45) is 0 Å². The summed E-state index contributed by atoms with van der Waals surface area (Å²) in [5.74, 6) is -1.54. The molecule has 2 rings (SSSR count). The Labute approximate surface area is 139 Å². The number of rotatable bonds is 5. The quantitative estimate of drug-likeness (QED) is 0.595. The van der Waals surface area contributed by atoms with Crippen LogP contribution in [-0.4, -0.2) is 42.8 Å². The highest BCUT2D eigenvalue weighted by Gasteiger charge is 2.50. The van der Waals surface area contributed by atoms with E-state index in [0.29, 0.717) is 0 Å². The molecule has 7 heteroatoms. The zero-order valence-electron chi connectivity index (χ0n) is 13.8. The Kier molecular flexibility index (Phi) is 5.92. The molecule has 0 aromatic heterocycles. The number of benzene rings is 1. The van der Waals surface area contributed by atoms with Gasteiger partial charge in [0.15, 0.2) is 12.2 Å². The van der Waals surface area contributed by atoms with Crippen molar-refractivity contribution in [3.8, 4) is 0 Å². The van der Waals surface area contributed by atoms with Crippen LogP contribution >= 0.6 is 0 Å². The average molecular weight is 336 g/mol. The maximum absolute atomic E-state index is 11.5. The summed E-state index contributed by atoms with van der Waals surface area (Å²) < 4.78 is 21.5. The van der Waals surface area contributed by atoms with Gasteiger partial charge in [0.25, 0.3) is 0 Å². The van der Waals surface area contributed by atoms with Gasteiger partial charge in [-0.05, 0) is 5.56 Å². The van der Waals surface area contributed by atoms with Crippen molar-refractivity contribution in [3.63, 3.8) is 0 Å². The van der Waals surface area contributed by atoms with Crippen molar-refractivity contribution < 1.29 is 33.3 Å². The normalized spacial score (nSPS) is 25.8. The van der Waals surface area contributed by atoms with E-state index in [1.165, 1.54) is 20.8 Å². The lowest BCUT2D eigenvalue weighted by Gasteiger charge is -2.23. The molecule has 1 aromatic carbocycles. The van der Waals surface area contributed by atoms with Crippen molar-refractivity contribution in [2.75, 3.05) is 6.61 Å². The Hall–Kier alpha value is -2.41. The summed E-state index contributed by atoms with van der Waals surface area (Å²) in [5, 5.41) is 0. The molecule has 1 heterocycles. The maximum Gasteiger partial charge on any atom is 0.303 e. The molecule has 7 nitrogen and oxygen atoms in total. The standard InChI is InChI=1S/C17H20O7/c1-10(18)21-9-14-16(22-11(2)19)17(23-12(3)20)15(24-14)13-7-5-4-6-8-13/h4-8,14-17H,9H2,1-3H3/t14-,15?,16-,17+/m1/s1. The number of esters is 3. The van der Waals surface area contributed by atoms with Crippen LogP contribution in [0, 0.1) is 0 Å². The third kappa shape index (κ3) is 4.55. The molecule has 0 N–H and O–H groups in total. The molecule has 1 saturated heterocycles. The molecule has 1 aliphatic heterocycles. The summed E-state index contributed by atoms with van der Waals surface area (Å²) >= 11 is 0. The second-order valence-corrected chi connectivity index (χ2v) is 5.46. The minimum atomic E-state index is -0.865. The van der Waals surface area contributed by atoms with Crippen molar-refractivity contribution in [3.05, 3.63) is 35.9 Å². The second-order valence-electron chi connectivity index (χ2n) is 5.46. The van der Waals surface area contributed by atoms with Gasteiger partial charge in [-0.1, -0.05) is 30.3 Å². The van der Waals surface area contributed by atoms with Crippen LogP contribution in [-0.2, 0) is 33.3 Å². The predicted molar refractivity (Wildman–Crippen MR) is 81.8 cm³/mol. The number of carbonyl (C=O) groups is 3. The van der Waals surface area contributed by atoms with Crippen molar-refractivity contribution in [1.82, 2.24) is 0 Å². The van der Waals surface area contributed by atoms with Gasteiger partial charge in [-0.25, -0.2) is 0 Å². The number of hydrogen-bond donors (Lipinski definition) is 0. The number of hydrogen-bond acceptors (Lipinski definition) is 7. The Morgan fingerprint density at radius 2 is 1.50 bits per heavy atom. The Morgan fingerprint density at radius 3 is 2.04 bits per heavy atom. The van der Waals surface area contributed by atoms with Crippen LogP contribution in [0.3, 0.4) is 0 Å². The Morgan fingerprint density at radius 1 is 0.917 bits per heavy atom. The first-order valence-electron chi connectivity index (χ1n) is 7.56. The van der Waals surface area contributed by atoms with Crippen LogP contribution in [0.25, 0.3) is 0 Å². The van der Waals surface area contributed by atoms with E-state index in [9.17, 15) is 14.4 Å². The molecule has 24 heavy (non-hydrogen) atoms. The fraction of sp³-hybridized carbons (Fsp3) is 0.471. The van der Waals surface area contributed by atoms with Crippen LogP contribution in [0.15, 0.2) is 30.3 Å². The SMILES string of the molecule is CC(=O)OC[C@H]1OC(c2ccccc2)[C@H](OC(C)=O)[C@@H]1OC(C)=O. The lowest BCUT2D eigenvalue weighted by molar-refractivity contribution is -0.165. The molecule has 0 bridgehead atoms. The first-order chi connectivity index (χ1) is 11.4. The van der Waals surface area contributed by atoms with Crippen LogP contribution in [0.1, 0.15) is 32.4 Å². The van der Waals surface area contributed by atoms with Gasteiger partial charge < -0.3 is 18.9 Å². The largest absolute Gasteiger partial charge is 0.463 e. The molecule has 1 unspecified atom stereocenters. The summed E-state index contributed by atoms with van der Waals surface area (Å²) in [7, 11) is 0. The lowest BCUT2D eigenvalue weighted by Crippen LogP contribution is -2.40. The first kappa shape index (κ1) is 17.9. The minimum absolute atomic E-state index is 0.103. The van der Waals surface area contributed by atoms with Crippen molar-refractivity contribution in [1.29, 1.82) is 0 Å². The average Bonchev–Trinajstić information content (AvgIpc) is 2.83. The summed E-state index contributed by atoms with van der Waals surface area (Å²) in [6.07, 6.45) is -3.04. The van der Waals surface area contributed by atoms with Crippen LogP contribution in [0.4, 0.5) is 0 Å². The highest BCUT2D eigenvalue weighted by atomic mass is 16.6. The Bertz CT molecular complexity index is 598. The van der Waals surface area contributed by atoms with E-state index in [4.69, 9.17) is 18.9 Å². The van der Waals surface area contributed by atoms with Gasteiger partial charge in [0.2, 0.25) is 0 Å². The molecule has 0 spiro atoms. The van der Waals surface area contributed by atoms with E-state index in [0.717, 1.165) is 5.56 Å². The molecule has 0 saturated carbocycles. The van der Waals surface area contributed by atoms with Gasteiger partial charge in [0, 0.05) is 20.8 Å². The lowest BCUT2D eigenvalue weighted by atomic mass is 10.0. The van der Waals surface area contributed by atoms with E-state index in [2.05, 4.69) is 0 Å². The molecular weight excluding hydrogens is 316 g/mol. The van der Waals surface area contributed by atoms with Gasteiger partial charge >= 0.3 is 17.9 Å². The fourth-order valence-electron chi connectivity index (χ4n) is 2.63. The highest BCUT2D eigenvalue weighted by Crippen LogP contribution is 2.37. The van der Waals surface area contributed by atoms with Crippen molar-refractivity contribution in [2.45, 2.75) is 45.2 Å². The minimum Gasteiger partial charge on any atom is -0.463 e. The van der Waals surface area contributed by atoms with Crippen molar-refractivity contribution >= 4 is 17.9 Å². The van der Waals surface area contributed by atoms with E-state index in [1.54, 1.807) is 0 Å². The second kappa shape index (κ2) is 7.92. The van der Waals surface area contributed by atoms with Gasteiger partial charge in [-0.2, -0.15) is 0 Å². The van der Waals surface area contributed by atoms with E-state index < -0.39 is 42.3 Å².